The topological polar surface area (TPSA) is 111 Å². The van der Waals surface area contributed by atoms with Crippen molar-refractivity contribution in [3.05, 3.63) is 29.8 Å². The highest BCUT2D eigenvalue weighted by Gasteiger charge is 2.11. The van der Waals surface area contributed by atoms with Crippen molar-refractivity contribution in [1.82, 2.24) is 4.72 Å². The smallest absolute Gasteiger partial charge is 0.240 e. The van der Waals surface area contributed by atoms with Gasteiger partial charge < -0.3 is 11.5 Å². The molecule has 0 aliphatic rings. The number of halogens is 1. The van der Waals surface area contributed by atoms with Crippen LogP contribution in [0.5, 0.6) is 0 Å². The van der Waals surface area contributed by atoms with Crippen molar-refractivity contribution in [2.45, 2.75) is 18.4 Å². The molecule has 5 N–H and O–H groups in total. The van der Waals surface area contributed by atoms with Crippen LogP contribution in [0.15, 0.2) is 34.2 Å². The van der Waals surface area contributed by atoms with Crippen LogP contribution in [0.3, 0.4) is 0 Å². The molecule has 0 aliphatic heterocycles. The van der Waals surface area contributed by atoms with Gasteiger partial charge in [-0.25, -0.2) is 18.1 Å². The standard InChI is InChI=1S/C10H16N4O2S.HI/c1-2-14-17(15,16)9-5-3-8(4-6-9)7-13-10(11)12;/h3-6,14H,2,7H2,1H3,(H4,11,12,13);1H. The summed E-state index contributed by atoms with van der Waals surface area (Å²) < 4.78 is 25.7. The number of rotatable bonds is 5. The maximum atomic E-state index is 11.6. The Hall–Kier alpha value is -0.870. The molecule has 0 spiro atoms. The van der Waals surface area contributed by atoms with Crippen molar-refractivity contribution >= 4 is 40.0 Å². The van der Waals surface area contributed by atoms with Gasteiger partial charge in [-0.1, -0.05) is 19.1 Å². The normalized spacial score (nSPS) is 10.5. The van der Waals surface area contributed by atoms with Gasteiger partial charge in [0.15, 0.2) is 5.96 Å². The van der Waals surface area contributed by atoms with Crippen LogP contribution in [-0.4, -0.2) is 20.9 Å². The fraction of sp³-hybridized carbons (Fsp3) is 0.300. The minimum atomic E-state index is -3.39. The monoisotopic (exact) mass is 384 g/mol. The van der Waals surface area contributed by atoms with Gasteiger partial charge in [0.05, 0.1) is 11.4 Å². The molecule has 1 aromatic rings. The molecule has 0 heterocycles. The highest BCUT2D eigenvalue weighted by atomic mass is 127. The molecule has 0 aromatic heterocycles. The van der Waals surface area contributed by atoms with E-state index >= 15 is 0 Å². The van der Waals surface area contributed by atoms with E-state index < -0.39 is 10.0 Å². The van der Waals surface area contributed by atoms with Crippen LogP contribution < -0.4 is 16.2 Å². The highest BCUT2D eigenvalue weighted by molar-refractivity contribution is 14.0. The van der Waals surface area contributed by atoms with Crippen LogP contribution in [-0.2, 0) is 16.6 Å². The predicted octanol–water partition coefficient (Wildman–Crippen LogP) is 0.376. The summed E-state index contributed by atoms with van der Waals surface area (Å²) >= 11 is 0. The second-order valence-corrected chi connectivity index (χ2v) is 5.15. The first-order valence-corrected chi connectivity index (χ1v) is 6.58. The second-order valence-electron chi connectivity index (χ2n) is 3.39. The van der Waals surface area contributed by atoms with Gasteiger partial charge in [0.25, 0.3) is 0 Å². The van der Waals surface area contributed by atoms with E-state index in [9.17, 15) is 8.42 Å². The summed E-state index contributed by atoms with van der Waals surface area (Å²) in [6.45, 7) is 2.42. The Morgan fingerprint density at radius 1 is 1.28 bits per heavy atom. The lowest BCUT2D eigenvalue weighted by atomic mass is 10.2. The zero-order valence-electron chi connectivity index (χ0n) is 9.96. The lowest BCUT2D eigenvalue weighted by molar-refractivity contribution is 0.584. The highest BCUT2D eigenvalue weighted by Crippen LogP contribution is 2.10. The van der Waals surface area contributed by atoms with Crippen molar-refractivity contribution in [1.29, 1.82) is 0 Å². The fourth-order valence-corrected chi connectivity index (χ4v) is 2.27. The number of nitrogens with zero attached hydrogens (tertiary/aromatic N) is 1. The first kappa shape index (κ1) is 17.1. The Morgan fingerprint density at radius 3 is 2.28 bits per heavy atom. The van der Waals surface area contributed by atoms with Gasteiger partial charge in [0.2, 0.25) is 10.0 Å². The van der Waals surface area contributed by atoms with Crippen LogP contribution in [0.2, 0.25) is 0 Å². The molecule has 0 saturated heterocycles. The maximum Gasteiger partial charge on any atom is 0.240 e. The summed E-state index contributed by atoms with van der Waals surface area (Å²) in [4.78, 5) is 4.06. The van der Waals surface area contributed by atoms with Crippen molar-refractivity contribution in [2.75, 3.05) is 6.54 Å². The molecule has 6 nitrogen and oxygen atoms in total. The zero-order valence-corrected chi connectivity index (χ0v) is 13.1. The van der Waals surface area contributed by atoms with Crippen molar-refractivity contribution < 1.29 is 8.42 Å². The van der Waals surface area contributed by atoms with Crippen molar-refractivity contribution in [3.63, 3.8) is 0 Å². The van der Waals surface area contributed by atoms with Gasteiger partial charge in [-0.05, 0) is 17.7 Å². The van der Waals surface area contributed by atoms with Crippen molar-refractivity contribution in [2.24, 2.45) is 16.5 Å². The average Bonchev–Trinajstić information content (AvgIpc) is 2.27. The molecule has 0 bridgehead atoms. The molecule has 0 radical (unpaired) electrons. The largest absolute Gasteiger partial charge is 0.370 e. The van der Waals surface area contributed by atoms with E-state index in [1.165, 1.54) is 12.1 Å². The first-order chi connectivity index (χ1) is 7.95. The summed E-state index contributed by atoms with van der Waals surface area (Å²) in [5, 5.41) is 0. The van der Waals surface area contributed by atoms with E-state index in [-0.39, 0.29) is 34.8 Å². The summed E-state index contributed by atoms with van der Waals surface area (Å²) in [5.41, 5.74) is 11.2. The third kappa shape index (κ3) is 5.19. The Morgan fingerprint density at radius 2 is 1.83 bits per heavy atom. The van der Waals surface area contributed by atoms with Gasteiger partial charge in [0, 0.05) is 6.54 Å². The Labute approximate surface area is 124 Å². The van der Waals surface area contributed by atoms with Gasteiger partial charge in [0.1, 0.15) is 0 Å². The third-order valence-corrected chi connectivity index (χ3v) is 3.57. The van der Waals surface area contributed by atoms with Crippen molar-refractivity contribution in [3.8, 4) is 0 Å². The molecule has 0 atom stereocenters. The number of benzene rings is 1. The fourth-order valence-electron chi connectivity index (χ4n) is 1.23. The minimum Gasteiger partial charge on any atom is -0.370 e. The molecule has 102 valence electrons. The Balaban J connectivity index is 0.00000289. The molecule has 0 amide bonds. The first-order valence-electron chi connectivity index (χ1n) is 5.09. The van der Waals surface area contributed by atoms with E-state index in [4.69, 9.17) is 11.5 Å². The van der Waals surface area contributed by atoms with Crippen LogP contribution in [0.1, 0.15) is 12.5 Å². The number of hydrogen-bond acceptors (Lipinski definition) is 3. The molecule has 18 heavy (non-hydrogen) atoms. The maximum absolute atomic E-state index is 11.6. The summed E-state index contributed by atoms with van der Waals surface area (Å²) in [5.74, 6) is 0.00866. The number of sulfonamides is 1. The minimum absolute atomic E-state index is 0. The van der Waals surface area contributed by atoms with Crippen LogP contribution in [0.4, 0.5) is 0 Å². The van der Waals surface area contributed by atoms with Crippen LogP contribution >= 0.6 is 24.0 Å². The molecular weight excluding hydrogens is 367 g/mol. The van der Waals surface area contributed by atoms with Gasteiger partial charge in [-0.3, -0.25) is 0 Å². The molecule has 0 aliphatic carbocycles. The lowest BCUT2D eigenvalue weighted by Crippen LogP contribution is -2.23. The Bertz CT molecular complexity index is 495. The van der Waals surface area contributed by atoms with Gasteiger partial charge in [-0.2, -0.15) is 0 Å². The van der Waals surface area contributed by atoms with Gasteiger partial charge >= 0.3 is 0 Å². The molecule has 0 unspecified atom stereocenters. The van der Waals surface area contributed by atoms with E-state index in [1.54, 1.807) is 19.1 Å². The average molecular weight is 384 g/mol. The molecule has 8 heteroatoms. The molecule has 1 aromatic carbocycles. The quantitative estimate of drug-likeness (QED) is 0.387. The summed E-state index contributed by atoms with van der Waals surface area (Å²) in [7, 11) is -3.39. The number of aliphatic imine (C=N–C) groups is 1. The van der Waals surface area contributed by atoms with E-state index in [0.29, 0.717) is 13.1 Å². The molecule has 1 rings (SSSR count). The van der Waals surface area contributed by atoms with Gasteiger partial charge in [-0.15, -0.1) is 24.0 Å². The zero-order chi connectivity index (χ0) is 12.9. The summed E-state index contributed by atoms with van der Waals surface area (Å²) in [6.07, 6.45) is 0. The molecule has 0 saturated carbocycles. The SMILES string of the molecule is CCNS(=O)(=O)c1ccc(CN=C(N)N)cc1.I. The molecular formula is C10H17IN4O2S. The molecule has 0 fully saturated rings. The van der Waals surface area contributed by atoms with Crippen LogP contribution in [0.25, 0.3) is 0 Å². The second kappa shape index (κ2) is 7.54. The van der Waals surface area contributed by atoms with E-state index in [1.807, 2.05) is 0 Å². The predicted molar refractivity (Wildman–Crippen MR) is 82.2 cm³/mol. The number of hydrogen-bond donors (Lipinski definition) is 3. The summed E-state index contributed by atoms with van der Waals surface area (Å²) in [6, 6.07) is 6.40. The van der Waals surface area contributed by atoms with Crippen LogP contribution in [0, 0.1) is 0 Å². The number of nitrogens with one attached hydrogen (secondary N) is 1. The van der Waals surface area contributed by atoms with E-state index in [2.05, 4.69) is 9.71 Å². The number of guanidine groups is 1. The lowest BCUT2D eigenvalue weighted by Gasteiger charge is -2.05. The Kier molecular flexibility index (Phi) is 7.18. The third-order valence-electron chi connectivity index (χ3n) is 2.01. The van der Waals surface area contributed by atoms with E-state index in [0.717, 1.165) is 5.56 Å². The number of nitrogens with two attached hydrogens (primary N) is 2.